The minimum absolute atomic E-state index is 0.189. The average molecular weight is 315 g/mol. The lowest BCUT2D eigenvalue weighted by Crippen LogP contribution is -2.50. The van der Waals surface area contributed by atoms with Crippen molar-refractivity contribution in [2.24, 2.45) is 5.92 Å². The standard InChI is InChI=1S/C11H20F3N3O2S/c12-11(13,14)8-16-20(18,19)17-6-2-3-9(7-17)10-4-1-5-15-10/h9-10,15-16H,1-8H2. The van der Waals surface area contributed by atoms with Crippen LogP contribution in [0.1, 0.15) is 25.7 Å². The van der Waals surface area contributed by atoms with Gasteiger partial charge in [0.1, 0.15) is 6.54 Å². The normalized spacial score (nSPS) is 29.8. The molecule has 5 nitrogen and oxygen atoms in total. The first kappa shape index (κ1) is 16.0. The molecule has 0 aromatic carbocycles. The molecule has 2 rings (SSSR count). The van der Waals surface area contributed by atoms with E-state index in [0.717, 1.165) is 30.1 Å². The molecule has 2 saturated heterocycles. The third kappa shape index (κ3) is 4.31. The summed E-state index contributed by atoms with van der Waals surface area (Å²) in [5.41, 5.74) is 0. The molecular formula is C11H20F3N3O2S. The first-order valence-corrected chi connectivity index (χ1v) is 8.27. The molecular weight excluding hydrogens is 295 g/mol. The molecule has 0 radical (unpaired) electrons. The minimum atomic E-state index is -4.53. The molecule has 0 amide bonds. The van der Waals surface area contributed by atoms with Gasteiger partial charge in [0.05, 0.1) is 0 Å². The summed E-state index contributed by atoms with van der Waals surface area (Å²) in [7, 11) is -4.04. The Kier molecular flexibility index (Phi) is 4.93. The average Bonchev–Trinajstić information content (AvgIpc) is 2.90. The van der Waals surface area contributed by atoms with Crippen molar-refractivity contribution in [3.8, 4) is 0 Å². The second kappa shape index (κ2) is 6.17. The van der Waals surface area contributed by atoms with E-state index in [2.05, 4.69) is 5.32 Å². The van der Waals surface area contributed by atoms with Crippen molar-refractivity contribution in [2.45, 2.75) is 37.9 Å². The molecule has 20 heavy (non-hydrogen) atoms. The molecule has 2 heterocycles. The lowest BCUT2D eigenvalue weighted by Gasteiger charge is -2.35. The number of alkyl halides is 3. The predicted octanol–water partition coefficient (Wildman–Crippen LogP) is 0.847. The molecule has 0 aromatic rings. The number of nitrogens with zero attached hydrogens (tertiary/aromatic N) is 1. The lowest BCUT2D eigenvalue weighted by atomic mass is 9.91. The maximum atomic E-state index is 12.1. The highest BCUT2D eigenvalue weighted by molar-refractivity contribution is 7.87. The van der Waals surface area contributed by atoms with E-state index in [9.17, 15) is 21.6 Å². The monoisotopic (exact) mass is 315 g/mol. The van der Waals surface area contributed by atoms with Gasteiger partial charge in [-0.3, -0.25) is 0 Å². The Labute approximate surface area is 117 Å². The number of halogens is 3. The zero-order valence-corrected chi connectivity index (χ0v) is 11.9. The van der Waals surface area contributed by atoms with E-state index in [0.29, 0.717) is 13.0 Å². The lowest BCUT2D eigenvalue weighted by molar-refractivity contribution is -0.121. The Balaban J connectivity index is 1.93. The highest BCUT2D eigenvalue weighted by atomic mass is 32.2. The van der Waals surface area contributed by atoms with Gasteiger partial charge < -0.3 is 5.32 Å². The topological polar surface area (TPSA) is 61.4 Å². The number of rotatable bonds is 4. The second-order valence-corrected chi connectivity index (χ2v) is 7.16. The van der Waals surface area contributed by atoms with Crippen LogP contribution in [0.25, 0.3) is 0 Å². The third-order valence-corrected chi connectivity index (χ3v) is 5.40. The fourth-order valence-electron chi connectivity index (χ4n) is 2.90. The van der Waals surface area contributed by atoms with Crippen molar-refractivity contribution in [3.63, 3.8) is 0 Å². The van der Waals surface area contributed by atoms with Gasteiger partial charge in [-0.05, 0) is 38.1 Å². The van der Waals surface area contributed by atoms with Crippen molar-refractivity contribution in [1.29, 1.82) is 0 Å². The van der Waals surface area contributed by atoms with E-state index >= 15 is 0 Å². The summed E-state index contributed by atoms with van der Waals surface area (Å²) in [6.45, 7) is -0.000311. The quantitative estimate of drug-likeness (QED) is 0.808. The Bertz CT molecular complexity index is 421. The summed E-state index contributed by atoms with van der Waals surface area (Å²) in [6, 6.07) is 0.288. The Morgan fingerprint density at radius 1 is 1.25 bits per heavy atom. The highest BCUT2D eigenvalue weighted by Crippen LogP contribution is 2.26. The van der Waals surface area contributed by atoms with Gasteiger partial charge in [-0.1, -0.05) is 0 Å². The number of nitrogens with one attached hydrogen (secondary N) is 2. The van der Waals surface area contributed by atoms with E-state index in [-0.39, 0.29) is 18.5 Å². The van der Waals surface area contributed by atoms with Gasteiger partial charge in [0.2, 0.25) is 0 Å². The summed E-state index contributed by atoms with van der Waals surface area (Å²) in [5, 5.41) is 3.33. The summed E-state index contributed by atoms with van der Waals surface area (Å²) in [6.07, 6.45) is -0.844. The smallest absolute Gasteiger partial charge is 0.314 e. The van der Waals surface area contributed by atoms with Crippen molar-refractivity contribution in [1.82, 2.24) is 14.3 Å². The fraction of sp³-hybridized carbons (Fsp3) is 1.00. The molecule has 9 heteroatoms. The van der Waals surface area contributed by atoms with Gasteiger partial charge in [0, 0.05) is 19.1 Å². The van der Waals surface area contributed by atoms with E-state index in [4.69, 9.17) is 0 Å². The molecule has 2 unspecified atom stereocenters. The van der Waals surface area contributed by atoms with Gasteiger partial charge in [-0.15, -0.1) is 0 Å². The maximum absolute atomic E-state index is 12.1. The third-order valence-electron chi connectivity index (χ3n) is 3.88. The second-order valence-electron chi connectivity index (χ2n) is 5.40. The Morgan fingerprint density at radius 3 is 2.60 bits per heavy atom. The van der Waals surface area contributed by atoms with Crippen LogP contribution in [0, 0.1) is 5.92 Å². The first-order chi connectivity index (χ1) is 9.28. The number of hydrogen-bond acceptors (Lipinski definition) is 3. The zero-order chi connectivity index (χ0) is 14.8. The molecule has 0 aromatic heterocycles. The van der Waals surface area contributed by atoms with Crippen LogP contribution in [-0.2, 0) is 10.2 Å². The molecule has 2 N–H and O–H groups in total. The summed E-state index contributed by atoms with van der Waals surface area (Å²) >= 11 is 0. The molecule has 2 fully saturated rings. The van der Waals surface area contributed by atoms with E-state index in [1.807, 2.05) is 0 Å². The molecule has 2 atom stereocenters. The van der Waals surface area contributed by atoms with Gasteiger partial charge >= 0.3 is 6.18 Å². The Morgan fingerprint density at radius 2 is 2.00 bits per heavy atom. The van der Waals surface area contributed by atoms with Crippen LogP contribution in [0.4, 0.5) is 13.2 Å². The molecule has 2 aliphatic heterocycles. The first-order valence-electron chi connectivity index (χ1n) is 6.83. The zero-order valence-electron chi connectivity index (χ0n) is 11.1. The largest absolute Gasteiger partial charge is 0.402 e. The van der Waals surface area contributed by atoms with Gasteiger partial charge in [0.15, 0.2) is 0 Å². The van der Waals surface area contributed by atoms with Crippen molar-refractivity contribution in [2.75, 3.05) is 26.2 Å². The van der Waals surface area contributed by atoms with Crippen LogP contribution in [0.2, 0.25) is 0 Å². The van der Waals surface area contributed by atoms with Crippen molar-refractivity contribution < 1.29 is 21.6 Å². The summed E-state index contributed by atoms with van der Waals surface area (Å²) in [5.74, 6) is 0.189. The van der Waals surface area contributed by atoms with Crippen LogP contribution < -0.4 is 10.0 Å². The molecule has 0 bridgehead atoms. The summed E-state index contributed by atoms with van der Waals surface area (Å²) < 4.78 is 62.9. The van der Waals surface area contributed by atoms with Gasteiger partial charge in [-0.2, -0.15) is 30.6 Å². The molecule has 0 saturated carbocycles. The SMILES string of the molecule is O=S(=O)(NCC(F)(F)F)N1CCCC(C2CCCN2)C1. The maximum Gasteiger partial charge on any atom is 0.402 e. The number of hydrogen-bond donors (Lipinski definition) is 2. The van der Waals surface area contributed by atoms with Gasteiger partial charge in [0.25, 0.3) is 10.2 Å². The minimum Gasteiger partial charge on any atom is -0.314 e. The van der Waals surface area contributed by atoms with Crippen molar-refractivity contribution in [3.05, 3.63) is 0 Å². The van der Waals surface area contributed by atoms with Gasteiger partial charge in [-0.25, -0.2) is 0 Å². The summed E-state index contributed by atoms with van der Waals surface area (Å²) in [4.78, 5) is 0. The van der Waals surface area contributed by atoms with Crippen LogP contribution in [0.15, 0.2) is 0 Å². The van der Waals surface area contributed by atoms with Crippen molar-refractivity contribution >= 4 is 10.2 Å². The molecule has 0 aliphatic carbocycles. The molecule has 2 aliphatic rings. The fourth-order valence-corrected chi connectivity index (χ4v) is 4.18. The number of piperidine rings is 1. The van der Waals surface area contributed by atoms with Crippen LogP contribution in [0.3, 0.4) is 0 Å². The Hall–Kier alpha value is -0.380. The van der Waals surface area contributed by atoms with E-state index in [1.165, 1.54) is 0 Å². The molecule has 0 spiro atoms. The predicted molar refractivity (Wildman–Crippen MR) is 68.3 cm³/mol. The van der Waals surface area contributed by atoms with E-state index < -0.39 is 22.9 Å². The van der Waals surface area contributed by atoms with Crippen LogP contribution >= 0.6 is 0 Å². The van der Waals surface area contributed by atoms with E-state index in [1.54, 1.807) is 4.72 Å². The highest BCUT2D eigenvalue weighted by Gasteiger charge is 2.36. The molecule has 118 valence electrons. The van der Waals surface area contributed by atoms with Crippen LogP contribution in [0.5, 0.6) is 0 Å². The van der Waals surface area contributed by atoms with Crippen LogP contribution in [-0.4, -0.2) is 51.1 Å².